The molecule has 0 saturated carbocycles. The lowest BCUT2D eigenvalue weighted by Gasteiger charge is -2.07. The molecule has 94 valence electrons. The number of nitrogens with one attached hydrogen (secondary N) is 1. The first-order chi connectivity index (χ1) is 8.15. The zero-order valence-corrected chi connectivity index (χ0v) is 9.61. The quantitative estimate of drug-likeness (QED) is 0.428. The minimum Gasteiger partial charge on any atom is -0.385 e. The molecule has 1 rings (SSSR count). The summed E-state index contributed by atoms with van der Waals surface area (Å²) in [5.74, 6) is -3.76. The van der Waals surface area contributed by atoms with Crippen LogP contribution in [0.4, 0.5) is 18.9 Å². The van der Waals surface area contributed by atoms with E-state index in [-0.39, 0.29) is 5.69 Å². The second-order valence-corrected chi connectivity index (χ2v) is 3.82. The van der Waals surface area contributed by atoms with Crippen LogP contribution in [0.1, 0.15) is 25.7 Å². The van der Waals surface area contributed by atoms with Crippen molar-refractivity contribution in [3.63, 3.8) is 0 Å². The van der Waals surface area contributed by atoms with E-state index in [1.807, 2.05) is 6.08 Å². The molecule has 0 bridgehead atoms. The van der Waals surface area contributed by atoms with Gasteiger partial charge >= 0.3 is 0 Å². The molecule has 0 heterocycles. The fourth-order valence-corrected chi connectivity index (χ4v) is 1.48. The average molecular weight is 243 g/mol. The number of allylic oxidation sites excluding steroid dienone is 1. The number of hydrogen-bond acceptors (Lipinski definition) is 1. The molecule has 0 amide bonds. The van der Waals surface area contributed by atoms with Crippen molar-refractivity contribution in [3.05, 3.63) is 42.2 Å². The lowest BCUT2D eigenvalue weighted by molar-refractivity contribution is 0.447. The van der Waals surface area contributed by atoms with E-state index in [1.54, 1.807) is 0 Å². The van der Waals surface area contributed by atoms with Crippen molar-refractivity contribution in [1.82, 2.24) is 0 Å². The van der Waals surface area contributed by atoms with Crippen molar-refractivity contribution in [2.24, 2.45) is 0 Å². The first-order valence-electron chi connectivity index (χ1n) is 5.64. The highest BCUT2D eigenvalue weighted by Gasteiger charge is 2.09. The van der Waals surface area contributed by atoms with Crippen molar-refractivity contribution >= 4 is 5.69 Å². The number of unbranched alkanes of at least 4 members (excludes halogenated alkanes) is 3. The van der Waals surface area contributed by atoms with Gasteiger partial charge in [0.05, 0.1) is 0 Å². The van der Waals surface area contributed by atoms with E-state index in [9.17, 15) is 13.2 Å². The predicted octanol–water partition coefficient (Wildman–Crippen LogP) is 4.26. The van der Waals surface area contributed by atoms with E-state index in [1.165, 1.54) is 0 Å². The van der Waals surface area contributed by atoms with Gasteiger partial charge in [-0.3, -0.25) is 0 Å². The molecule has 0 saturated heterocycles. The van der Waals surface area contributed by atoms with Gasteiger partial charge in [0.25, 0.3) is 0 Å². The number of halogens is 3. The number of anilines is 1. The largest absolute Gasteiger partial charge is 0.385 e. The Kier molecular flexibility index (Phi) is 5.60. The molecular formula is C13H16F3N. The molecule has 0 aliphatic rings. The van der Waals surface area contributed by atoms with E-state index in [0.29, 0.717) is 6.54 Å². The predicted molar refractivity (Wildman–Crippen MR) is 63.5 cm³/mol. The normalized spacial score (nSPS) is 10.3. The molecule has 0 fully saturated rings. The molecule has 17 heavy (non-hydrogen) atoms. The second-order valence-electron chi connectivity index (χ2n) is 3.82. The monoisotopic (exact) mass is 243 g/mol. The topological polar surface area (TPSA) is 12.0 Å². The van der Waals surface area contributed by atoms with Crippen molar-refractivity contribution in [2.75, 3.05) is 11.9 Å². The Morgan fingerprint density at radius 2 is 1.71 bits per heavy atom. The lowest BCUT2D eigenvalue weighted by atomic mass is 10.2. The molecule has 0 spiro atoms. The Labute approximate surface area is 99.3 Å². The van der Waals surface area contributed by atoms with Gasteiger partial charge in [-0.2, -0.15) is 0 Å². The molecule has 1 N–H and O–H groups in total. The summed E-state index contributed by atoms with van der Waals surface area (Å²) in [4.78, 5) is 0. The van der Waals surface area contributed by atoms with Crippen LogP contribution < -0.4 is 5.32 Å². The van der Waals surface area contributed by atoms with Gasteiger partial charge in [0.1, 0.15) is 0 Å². The van der Waals surface area contributed by atoms with Gasteiger partial charge in [0.2, 0.25) is 0 Å². The van der Waals surface area contributed by atoms with Crippen LogP contribution in [0.5, 0.6) is 0 Å². The molecule has 0 aliphatic carbocycles. The fraction of sp³-hybridized carbons (Fsp3) is 0.385. The first kappa shape index (κ1) is 13.6. The first-order valence-corrected chi connectivity index (χ1v) is 5.64. The summed E-state index contributed by atoms with van der Waals surface area (Å²) in [5, 5.41) is 2.86. The molecule has 1 aromatic rings. The van der Waals surface area contributed by atoms with E-state index in [4.69, 9.17) is 0 Å². The van der Waals surface area contributed by atoms with Crippen LogP contribution in [-0.2, 0) is 0 Å². The Hall–Kier alpha value is -1.45. The van der Waals surface area contributed by atoms with Crippen LogP contribution in [0.3, 0.4) is 0 Å². The average Bonchev–Trinajstić information content (AvgIpc) is 2.30. The van der Waals surface area contributed by atoms with Crippen molar-refractivity contribution in [2.45, 2.75) is 25.7 Å². The summed E-state index contributed by atoms with van der Waals surface area (Å²) in [7, 11) is 0. The summed E-state index contributed by atoms with van der Waals surface area (Å²) < 4.78 is 38.4. The van der Waals surface area contributed by atoms with Crippen LogP contribution in [0.15, 0.2) is 24.8 Å². The van der Waals surface area contributed by atoms with Crippen molar-refractivity contribution in [1.29, 1.82) is 0 Å². The molecular weight excluding hydrogens is 227 g/mol. The van der Waals surface area contributed by atoms with Crippen LogP contribution in [0.25, 0.3) is 0 Å². The summed E-state index contributed by atoms with van der Waals surface area (Å²) in [6.07, 6.45) is 5.80. The van der Waals surface area contributed by atoms with E-state index in [2.05, 4.69) is 11.9 Å². The Bertz CT molecular complexity index is 354. The van der Waals surface area contributed by atoms with Gasteiger partial charge in [-0.05, 0) is 19.3 Å². The maximum atomic E-state index is 12.8. The highest BCUT2D eigenvalue weighted by atomic mass is 19.2. The van der Waals surface area contributed by atoms with Crippen LogP contribution in [0.2, 0.25) is 0 Å². The van der Waals surface area contributed by atoms with Gasteiger partial charge < -0.3 is 5.32 Å². The number of rotatable bonds is 7. The van der Waals surface area contributed by atoms with Crippen LogP contribution >= 0.6 is 0 Å². The lowest BCUT2D eigenvalue weighted by Crippen LogP contribution is -2.03. The summed E-state index contributed by atoms with van der Waals surface area (Å²) in [6.45, 7) is 4.23. The summed E-state index contributed by atoms with van der Waals surface area (Å²) in [5.41, 5.74) is 0.269. The molecule has 1 aromatic carbocycles. The Balaban J connectivity index is 2.34. The number of benzene rings is 1. The molecule has 0 radical (unpaired) electrons. The van der Waals surface area contributed by atoms with Gasteiger partial charge in [-0.1, -0.05) is 12.5 Å². The van der Waals surface area contributed by atoms with E-state index < -0.39 is 17.5 Å². The second kappa shape index (κ2) is 6.99. The Morgan fingerprint density at radius 3 is 2.29 bits per heavy atom. The van der Waals surface area contributed by atoms with Gasteiger partial charge in [0, 0.05) is 24.4 Å². The molecule has 0 unspecified atom stereocenters. The zero-order chi connectivity index (χ0) is 12.7. The molecule has 0 atom stereocenters. The van der Waals surface area contributed by atoms with Crippen LogP contribution in [0, 0.1) is 17.5 Å². The van der Waals surface area contributed by atoms with Crippen LogP contribution in [-0.4, -0.2) is 6.54 Å². The molecule has 0 aromatic heterocycles. The van der Waals surface area contributed by atoms with Gasteiger partial charge in [-0.25, -0.2) is 13.2 Å². The maximum absolute atomic E-state index is 12.8. The third-order valence-corrected chi connectivity index (χ3v) is 2.40. The third kappa shape index (κ3) is 4.51. The Morgan fingerprint density at radius 1 is 1.06 bits per heavy atom. The summed E-state index contributed by atoms with van der Waals surface area (Å²) in [6, 6.07) is 1.92. The molecule has 4 heteroatoms. The molecule has 1 nitrogen and oxygen atoms in total. The maximum Gasteiger partial charge on any atom is 0.194 e. The minimum atomic E-state index is -1.43. The van der Waals surface area contributed by atoms with E-state index in [0.717, 1.165) is 37.8 Å². The SMILES string of the molecule is C=CCCCCCNc1cc(F)c(F)c(F)c1. The zero-order valence-electron chi connectivity index (χ0n) is 9.61. The van der Waals surface area contributed by atoms with E-state index >= 15 is 0 Å². The number of hydrogen-bond donors (Lipinski definition) is 1. The third-order valence-electron chi connectivity index (χ3n) is 2.40. The molecule has 0 aliphatic heterocycles. The summed E-state index contributed by atoms with van der Waals surface area (Å²) >= 11 is 0. The van der Waals surface area contributed by atoms with Crippen molar-refractivity contribution in [3.8, 4) is 0 Å². The highest BCUT2D eigenvalue weighted by molar-refractivity contribution is 5.43. The fourth-order valence-electron chi connectivity index (χ4n) is 1.48. The minimum absolute atomic E-state index is 0.269. The van der Waals surface area contributed by atoms with Gasteiger partial charge in [-0.15, -0.1) is 6.58 Å². The highest BCUT2D eigenvalue weighted by Crippen LogP contribution is 2.17. The van der Waals surface area contributed by atoms with Crippen molar-refractivity contribution < 1.29 is 13.2 Å². The van der Waals surface area contributed by atoms with Gasteiger partial charge in [0.15, 0.2) is 17.5 Å². The smallest absolute Gasteiger partial charge is 0.194 e. The standard InChI is InChI=1S/C13H16F3N/c1-2-3-4-5-6-7-17-10-8-11(14)13(16)12(15)9-10/h2,8-9,17H,1,3-7H2.